The summed E-state index contributed by atoms with van der Waals surface area (Å²) >= 11 is 1.36. The zero-order valence-corrected chi connectivity index (χ0v) is 18.2. The molecule has 0 saturated carbocycles. The molecular weight excluding hydrogens is 432 g/mol. The Labute approximate surface area is 184 Å². The van der Waals surface area contributed by atoms with E-state index in [4.69, 9.17) is 4.84 Å². The Balaban J connectivity index is 1.81. The van der Waals surface area contributed by atoms with Gasteiger partial charge >= 0.3 is 0 Å². The highest BCUT2D eigenvalue weighted by molar-refractivity contribution is 7.99. The lowest BCUT2D eigenvalue weighted by Gasteiger charge is -2.16. The molecular formula is C23H20N2O4S2. The van der Waals surface area contributed by atoms with Crippen molar-refractivity contribution in [3.8, 4) is 5.75 Å². The molecule has 0 amide bonds. The van der Waals surface area contributed by atoms with Crippen LogP contribution in [0.4, 0.5) is 11.4 Å². The number of aromatic hydroxyl groups is 1. The van der Waals surface area contributed by atoms with E-state index in [-0.39, 0.29) is 10.6 Å². The van der Waals surface area contributed by atoms with Crippen LogP contribution in [-0.2, 0) is 14.9 Å². The van der Waals surface area contributed by atoms with E-state index in [1.807, 2.05) is 30.3 Å². The van der Waals surface area contributed by atoms with Gasteiger partial charge in [-0.25, -0.2) is 8.42 Å². The third-order valence-electron chi connectivity index (χ3n) is 4.59. The molecule has 6 nitrogen and oxygen atoms in total. The van der Waals surface area contributed by atoms with Crippen molar-refractivity contribution in [3.63, 3.8) is 0 Å². The molecule has 4 aromatic carbocycles. The minimum Gasteiger partial charge on any atom is -0.506 e. The Morgan fingerprint density at radius 2 is 1.48 bits per heavy atom. The van der Waals surface area contributed by atoms with Crippen LogP contribution in [0.3, 0.4) is 0 Å². The molecule has 158 valence electrons. The number of fused-ring (bicyclic) bond motifs is 1. The molecule has 3 N–H and O–H groups in total. The van der Waals surface area contributed by atoms with Crippen LogP contribution in [0.1, 0.15) is 0 Å². The predicted molar refractivity (Wildman–Crippen MR) is 124 cm³/mol. The number of hydrogen-bond donors (Lipinski definition) is 3. The van der Waals surface area contributed by atoms with Gasteiger partial charge in [-0.05, 0) is 30.3 Å². The largest absolute Gasteiger partial charge is 0.506 e. The number of hydrogen-bond acceptors (Lipinski definition) is 6. The predicted octanol–water partition coefficient (Wildman–Crippen LogP) is 5.47. The molecule has 8 heteroatoms. The fourth-order valence-electron chi connectivity index (χ4n) is 3.21. The quantitative estimate of drug-likeness (QED) is 0.255. The highest BCUT2D eigenvalue weighted by Crippen LogP contribution is 2.43. The van der Waals surface area contributed by atoms with Crippen molar-refractivity contribution in [2.24, 2.45) is 0 Å². The van der Waals surface area contributed by atoms with Gasteiger partial charge in [0.1, 0.15) is 10.6 Å². The van der Waals surface area contributed by atoms with Crippen molar-refractivity contribution >= 4 is 43.9 Å². The second-order valence-corrected chi connectivity index (χ2v) is 9.41. The number of phenols is 1. The average molecular weight is 453 g/mol. The van der Waals surface area contributed by atoms with Crippen LogP contribution in [0.15, 0.2) is 99.6 Å². The highest BCUT2D eigenvalue weighted by atomic mass is 32.2. The lowest BCUT2D eigenvalue weighted by Crippen LogP contribution is -2.15. The van der Waals surface area contributed by atoms with Gasteiger partial charge < -0.3 is 5.11 Å². The molecule has 0 spiro atoms. The van der Waals surface area contributed by atoms with Gasteiger partial charge in [-0.1, -0.05) is 66.4 Å². The van der Waals surface area contributed by atoms with Crippen molar-refractivity contribution in [2.75, 3.05) is 17.3 Å². The van der Waals surface area contributed by atoms with Gasteiger partial charge in [-0.15, -0.1) is 0 Å². The Bertz CT molecular complexity index is 1330. The number of para-hydroxylation sites is 1. The van der Waals surface area contributed by atoms with E-state index >= 15 is 0 Å². The third kappa shape index (κ3) is 4.46. The van der Waals surface area contributed by atoms with Crippen LogP contribution in [-0.4, -0.2) is 20.6 Å². The first-order valence-corrected chi connectivity index (χ1v) is 11.7. The molecule has 31 heavy (non-hydrogen) atoms. The molecule has 0 fully saturated rings. The number of rotatable bonds is 7. The van der Waals surface area contributed by atoms with Gasteiger partial charge in [0.25, 0.3) is 10.0 Å². The van der Waals surface area contributed by atoms with Gasteiger partial charge in [0, 0.05) is 15.7 Å². The van der Waals surface area contributed by atoms with Crippen molar-refractivity contribution in [3.05, 3.63) is 84.9 Å². The van der Waals surface area contributed by atoms with Gasteiger partial charge in [0.2, 0.25) is 0 Å². The van der Waals surface area contributed by atoms with Crippen LogP contribution < -0.4 is 10.2 Å². The van der Waals surface area contributed by atoms with E-state index in [1.165, 1.54) is 24.9 Å². The Morgan fingerprint density at radius 1 is 0.839 bits per heavy atom. The van der Waals surface area contributed by atoms with Crippen molar-refractivity contribution < 1.29 is 18.4 Å². The first kappa shape index (κ1) is 21.0. The molecule has 4 rings (SSSR count). The maximum absolute atomic E-state index is 13.2. The number of phenolic OH excluding ortho intramolecular Hbond substituents is 1. The monoisotopic (exact) mass is 452 g/mol. The van der Waals surface area contributed by atoms with Gasteiger partial charge in [0.05, 0.1) is 23.4 Å². The molecule has 0 aliphatic carbocycles. The second kappa shape index (κ2) is 8.89. The first-order chi connectivity index (χ1) is 15.0. The summed E-state index contributed by atoms with van der Waals surface area (Å²) in [5.41, 5.74) is 3.29. The van der Waals surface area contributed by atoms with Gasteiger partial charge in [0.15, 0.2) is 0 Å². The summed E-state index contributed by atoms with van der Waals surface area (Å²) in [6, 6.07) is 24.8. The number of sulfonamides is 1. The van der Waals surface area contributed by atoms with Crippen LogP contribution >= 0.6 is 11.8 Å². The Morgan fingerprint density at radius 3 is 2.23 bits per heavy atom. The van der Waals surface area contributed by atoms with E-state index in [0.29, 0.717) is 27.0 Å². The minimum absolute atomic E-state index is 0.0475. The first-order valence-electron chi connectivity index (χ1n) is 9.38. The topological polar surface area (TPSA) is 87.7 Å². The zero-order chi connectivity index (χ0) is 21.8. The van der Waals surface area contributed by atoms with Crippen LogP contribution in [0.2, 0.25) is 0 Å². The van der Waals surface area contributed by atoms with Crippen molar-refractivity contribution in [1.82, 2.24) is 0 Å². The van der Waals surface area contributed by atoms with Gasteiger partial charge in [-0.2, -0.15) is 0 Å². The van der Waals surface area contributed by atoms with Crippen LogP contribution in [0.25, 0.3) is 10.8 Å². The molecule has 0 aliphatic rings. The average Bonchev–Trinajstić information content (AvgIpc) is 2.78. The normalized spacial score (nSPS) is 11.4. The van der Waals surface area contributed by atoms with Crippen molar-refractivity contribution in [2.45, 2.75) is 14.7 Å². The van der Waals surface area contributed by atoms with E-state index in [1.54, 1.807) is 48.5 Å². The molecule has 0 bridgehead atoms. The molecule has 0 radical (unpaired) electrons. The van der Waals surface area contributed by atoms with Crippen molar-refractivity contribution in [1.29, 1.82) is 0 Å². The molecule has 0 unspecified atom stereocenters. The number of anilines is 2. The fraction of sp³-hybridized carbons (Fsp3) is 0.0435. The summed E-state index contributed by atoms with van der Waals surface area (Å²) in [5, 5.41) is 12.0. The Hall–Kier alpha value is -3.20. The van der Waals surface area contributed by atoms with E-state index in [2.05, 4.69) is 10.2 Å². The summed E-state index contributed by atoms with van der Waals surface area (Å²) in [6.45, 7) is 0. The van der Waals surface area contributed by atoms with Crippen LogP contribution in [0.5, 0.6) is 5.75 Å². The maximum atomic E-state index is 13.2. The summed E-state index contributed by atoms with van der Waals surface area (Å²) in [7, 11) is -2.53. The summed E-state index contributed by atoms with van der Waals surface area (Å²) in [6.07, 6.45) is 0. The minimum atomic E-state index is -3.94. The lowest BCUT2D eigenvalue weighted by atomic mass is 10.1. The smallest absolute Gasteiger partial charge is 0.264 e. The molecule has 0 saturated heterocycles. The summed E-state index contributed by atoms with van der Waals surface area (Å²) < 4.78 is 29.1. The fourth-order valence-corrected chi connectivity index (χ4v) is 5.36. The molecule has 0 aromatic heterocycles. The maximum Gasteiger partial charge on any atom is 0.264 e. The zero-order valence-electron chi connectivity index (χ0n) is 16.6. The second-order valence-electron chi connectivity index (χ2n) is 6.64. The molecule has 4 aromatic rings. The SMILES string of the molecule is CONc1ccccc1S(=O)(=O)Nc1cc(Sc2ccccc2)c(O)c2ccccc12. The Kier molecular flexibility index (Phi) is 6.03. The molecule has 0 atom stereocenters. The third-order valence-corrected chi connectivity index (χ3v) is 7.05. The summed E-state index contributed by atoms with van der Waals surface area (Å²) in [5.74, 6) is 0.105. The lowest BCUT2D eigenvalue weighted by molar-refractivity contribution is 0.270. The van der Waals surface area contributed by atoms with E-state index in [0.717, 1.165) is 4.90 Å². The standard InChI is InChI=1S/C23H20N2O4S2/c1-29-24-19-13-7-8-14-22(19)31(27,28)25-20-15-21(30-16-9-3-2-4-10-16)23(26)18-12-6-5-11-17(18)20/h2-15,24-26H,1H3. The molecule has 0 heterocycles. The van der Waals surface area contributed by atoms with Gasteiger partial charge in [-0.3, -0.25) is 15.0 Å². The number of nitrogens with one attached hydrogen (secondary N) is 2. The van der Waals surface area contributed by atoms with E-state index < -0.39 is 10.0 Å². The van der Waals surface area contributed by atoms with E-state index in [9.17, 15) is 13.5 Å². The summed E-state index contributed by atoms with van der Waals surface area (Å²) in [4.78, 5) is 6.43. The highest BCUT2D eigenvalue weighted by Gasteiger charge is 2.21. The molecule has 0 aliphatic heterocycles. The number of benzene rings is 4. The van der Waals surface area contributed by atoms with Crippen LogP contribution in [0, 0.1) is 0 Å².